The smallest absolute Gasteiger partial charge is 0.409 e. The highest BCUT2D eigenvalue weighted by Crippen LogP contribution is 2.41. The summed E-state index contributed by atoms with van der Waals surface area (Å²) in [6, 6.07) is 0. The third-order valence-corrected chi connectivity index (χ3v) is 4.25. The highest BCUT2D eigenvalue weighted by atomic mass is 16.6. The van der Waals surface area contributed by atoms with Gasteiger partial charge in [0.05, 0.1) is 12.0 Å². The highest BCUT2D eigenvalue weighted by Gasteiger charge is 2.45. The summed E-state index contributed by atoms with van der Waals surface area (Å²) >= 11 is 0. The summed E-state index contributed by atoms with van der Waals surface area (Å²) < 4.78 is 4.96. The number of nitrogens with two attached hydrogens (primary N) is 1. The van der Waals surface area contributed by atoms with E-state index in [1.165, 1.54) is 0 Å². The van der Waals surface area contributed by atoms with E-state index < -0.39 is 0 Å². The standard InChI is InChI=1S/C13H23N3O3/c1-2-19-12(18)16-8-6-15(7-9-16)11(17)13(10-14)4-3-5-13/h2-10,14H2,1H3. The maximum atomic E-state index is 12.4. The highest BCUT2D eigenvalue weighted by molar-refractivity contribution is 5.84. The lowest BCUT2D eigenvalue weighted by atomic mass is 9.67. The van der Waals surface area contributed by atoms with E-state index in [1.807, 2.05) is 4.90 Å². The zero-order valence-corrected chi connectivity index (χ0v) is 11.6. The second kappa shape index (κ2) is 5.77. The Kier molecular flexibility index (Phi) is 4.29. The SMILES string of the molecule is CCOC(=O)N1CCN(C(=O)C2(CN)CCC2)CC1. The van der Waals surface area contributed by atoms with E-state index in [0.29, 0.717) is 39.3 Å². The first-order valence-electron chi connectivity index (χ1n) is 7.04. The topological polar surface area (TPSA) is 75.9 Å². The van der Waals surface area contributed by atoms with E-state index >= 15 is 0 Å². The Hall–Kier alpha value is -1.30. The summed E-state index contributed by atoms with van der Waals surface area (Å²) in [5.74, 6) is 0.171. The van der Waals surface area contributed by atoms with Gasteiger partial charge in [0.1, 0.15) is 0 Å². The molecule has 2 fully saturated rings. The van der Waals surface area contributed by atoms with Crippen molar-refractivity contribution in [2.75, 3.05) is 39.3 Å². The van der Waals surface area contributed by atoms with Crippen LogP contribution < -0.4 is 5.73 Å². The van der Waals surface area contributed by atoms with Gasteiger partial charge in [-0.1, -0.05) is 6.42 Å². The van der Waals surface area contributed by atoms with Crippen LogP contribution in [0.3, 0.4) is 0 Å². The normalized spacial score (nSPS) is 21.8. The average Bonchev–Trinajstić information content (AvgIpc) is 2.38. The van der Waals surface area contributed by atoms with Crippen LogP contribution in [-0.4, -0.2) is 61.1 Å². The van der Waals surface area contributed by atoms with Gasteiger partial charge in [0, 0.05) is 32.7 Å². The van der Waals surface area contributed by atoms with Crippen molar-refractivity contribution in [1.82, 2.24) is 9.80 Å². The van der Waals surface area contributed by atoms with Gasteiger partial charge in [-0.2, -0.15) is 0 Å². The van der Waals surface area contributed by atoms with Gasteiger partial charge in [0.2, 0.25) is 5.91 Å². The lowest BCUT2D eigenvalue weighted by Gasteiger charge is -2.44. The first-order valence-corrected chi connectivity index (χ1v) is 7.04. The van der Waals surface area contributed by atoms with Gasteiger partial charge < -0.3 is 20.3 Å². The number of piperazine rings is 1. The van der Waals surface area contributed by atoms with E-state index in [0.717, 1.165) is 19.3 Å². The molecule has 2 rings (SSSR count). The summed E-state index contributed by atoms with van der Waals surface area (Å²) in [5.41, 5.74) is 5.45. The number of carbonyl (C=O) groups is 2. The number of nitrogens with zero attached hydrogens (tertiary/aromatic N) is 2. The van der Waals surface area contributed by atoms with Crippen molar-refractivity contribution in [3.63, 3.8) is 0 Å². The Labute approximate surface area is 113 Å². The molecule has 0 aromatic rings. The van der Waals surface area contributed by atoms with Crippen molar-refractivity contribution in [3.05, 3.63) is 0 Å². The van der Waals surface area contributed by atoms with Gasteiger partial charge in [0.25, 0.3) is 0 Å². The number of carbonyl (C=O) groups excluding carboxylic acids is 2. The molecule has 1 heterocycles. The van der Waals surface area contributed by atoms with Gasteiger partial charge >= 0.3 is 6.09 Å². The summed E-state index contributed by atoms with van der Waals surface area (Å²) in [6.07, 6.45) is 2.61. The van der Waals surface area contributed by atoms with Crippen LogP contribution in [0, 0.1) is 5.41 Å². The predicted molar refractivity (Wildman–Crippen MR) is 70.5 cm³/mol. The molecule has 2 amide bonds. The van der Waals surface area contributed by atoms with Crippen LogP contribution >= 0.6 is 0 Å². The predicted octanol–water partition coefficient (Wildman–Crippen LogP) is 0.416. The molecular weight excluding hydrogens is 246 g/mol. The van der Waals surface area contributed by atoms with Crippen molar-refractivity contribution >= 4 is 12.0 Å². The lowest BCUT2D eigenvalue weighted by Crippen LogP contribution is -2.57. The number of hydrogen-bond donors (Lipinski definition) is 1. The summed E-state index contributed by atoms with van der Waals surface area (Å²) in [5, 5.41) is 0. The quantitative estimate of drug-likeness (QED) is 0.805. The van der Waals surface area contributed by atoms with Crippen molar-refractivity contribution < 1.29 is 14.3 Å². The van der Waals surface area contributed by atoms with Crippen molar-refractivity contribution in [2.24, 2.45) is 11.1 Å². The van der Waals surface area contributed by atoms with Crippen molar-refractivity contribution in [2.45, 2.75) is 26.2 Å². The minimum absolute atomic E-state index is 0.171. The first kappa shape index (κ1) is 14.1. The monoisotopic (exact) mass is 269 g/mol. The molecule has 0 bridgehead atoms. The molecule has 1 aliphatic heterocycles. The molecule has 1 saturated heterocycles. The van der Waals surface area contributed by atoms with Crippen LogP contribution in [-0.2, 0) is 9.53 Å². The molecule has 1 saturated carbocycles. The van der Waals surface area contributed by atoms with Crippen LogP contribution in [0.5, 0.6) is 0 Å². The fourth-order valence-corrected chi connectivity index (χ4v) is 2.75. The summed E-state index contributed by atoms with van der Waals surface area (Å²) in [7, 11) is 0. The van der Waals surface area contributed by atoms with E-state index in [-0.39, 0.29) is 17.4 Å². The molecular formula is C13H23N3O3. The fraction of sp³-hybridized carbons (Fsp3) is 0.846. The van der Waals surface area contributed by atoms with Gasteiger partial charge in [-0.05, 0) is 19.8 Å². The van der Waals surface area contributed by atoms with Crippen molar-refractivity contribution in [3.8, 4) is 0 Å². The molecule has 6 heteroatoms. The number of ether oxygens (including phenoxy) is 1. The zero-order chi connectivity index (χ0) is 13.9. The van der Waals surface area contributed by atoms with E-state index in [4.69, 9.17) is 10.5 Å². The van der Waals surface area contributed by atoms with Gasteiger partial charge in [-0.25, -0.2) is 4.79 Å². The Balaban J connectivity index is 1.86. The molecule has 0 radical (unpaired) electrons. The molecule has 6 nitrogen and oxygen atoms in total. The Morgan fingerprint density at radius 3 is 2.16 bits per heavy atom. The van der Waals surface area contributed by atoms with E-state index in [2.05, 4.69) is 0 Å². The number of amides is 2. The Morgan fingerprint density at radius 1 is 1.16 bits per heavy atom. The Morgan fingerprint density at radius 2 is 1.74 bits per heavy atom. The van der Waals surface area contributed by atoms with Crippen LogP contribution in [0.15, 0.2) is 0 Å². The molecule has 0 aromatic carbocycles. The lowest BCUT2D eigenvalue weighted by molar-refractivity contribution is -0.148. The molecule has 0 spiro atoms. The second-order valence-electron chi connectivity index (χ2n) is 5.32. The van der Waals surface area contributed by atoms with Crippen LogP contribution in [0.4, 0.5) is 4.79 Å². The zero-order valence-electron chi connectivity index (χ0n) is 11.6. The average molecular weight is 269 g/mol. The van der Waals surface area contributed by atoms with Crippen LogP contribution in [0.2, 0.25) is 0 Å². The third kappa shape index (κ3) is 2.68. The largest absolute Gasteiger partial charge is 0.450 e. The molecule has 2 aliphatic rings. The maximum Gasteiger partial charge on any atom is 0.409 e. The molecule has 0 unspecified atom stereocenters. The van der Waals surface area contributed by atoms with Crippen molar-refractivity contribution in [1.29, 1.82) is 0 Å². The first-order chi connectivity index (χ1) is 9.13. The minimum Gasteiger partial charge on any atom is -0.450 e. The molecule has 108 valence electrons. The molecule has 1 aliphatic carbocycles. The summed E-state index contributed by atoms with van der Waals surface area (Å²) in [4.78, 5) is 27.5. The third-order valence-electron chi connectivity index (χ3n) is 4.25. The minimum atomic E-state index is -0.313. The number of hydrogen-bond acceptors (Lipinski definition) is 4. The van der Waals surface area contributed by atoms with Gasteiger partial charge in [-0.15, -0.1) is 0 Å². The molecule has 0 aromatic heterocycles. The second-order valence-corrected chi connectivity index (χ2v) is 5.32. The number of rotatable bonds is 3. The molecule has 19 heavy (non-hydrogen) atoms. The molecule has 2 N–H and O–H groups in total. The summed E-state index contributed by atoms with van der Waals surface area (Å²) in [6.45, 7) is 4.87. The van der Waals surface area contributed by atoms with Crippen LogP contribution in [0.1, 0.15) is 26.2 Å². The van der Waals surface area contributed by atoms with E-state index in [9.17, 15) is 9.59 Å². The Bertz CT molecular complexity index is 342. The fourth-order valence-electron chi connectivity index (χ4n) is 2.75. The maximum absolute atomic E-state index is 12.4. The van der Waals surface area contributed by atoms with Gasteiger partial charge in [-0.3, -0.25) is 4.79 Å². The molecule has 0 atom stereocenters. The van der Waals surface area contributed by atoms with Crippen LogP contribution in [0.25, 0.3) is 0 Å². The van der Waals surface area contributed by atoms with Gasteiger partial charge in [0.15, 0.2) is 0 Å². The van der Waals surface area contributed by atoms with E-state index in [1.54, 1.807) is 11.8 Å².